The molecule has 9 nitrogen and oxygen atoms in total. The van der Waals surface area contributed by atoms with Gasteiger partial charge in [0.05, 0.1) is 24.4 Å². The monoisotopic (exact) mass is 490 g/mol. The molecule has 3 aromatic carbocycles. The molecular weight excluding hydrogens is 467 g/mol. The molecule has 0 heterocycles. The zero-order chi connectivity index (χ0) is 23.9. The summed E-state index contributed by atoms with van der Waals surface area (Å²) in [6, 6.07) is 21.6. The van der Waals surface area contributed by atoms with Crippen LogP contribution in [0.3, 0.4) is 0 Å². The van der Waals surface area contributed by atoms with Crippen LogP contribution < -0.4 is 10.0 Å². The van der Waals surface area contributed by atoms with Crippen molar-refractivity contribution in [1.82, 2.24) is 0 Å². The number of nitrogens with zero attached hydrogens (tertiary/aromatic N) is 1. The van der Waals surface area contributed by atoms with Gasteiger partial charge in [-0.1, -0.05) is 60.7 Å². The highest BCUT2D eigenvalue weighted by Crippen LogP contribution is 2.49. The average Bonchev–Trinajstić information content (AvgIpc) is 2.78. The summed E-state index contributed by atoms with van der Waals surface area (Å²) in [5.74, 6) is 0. The molecular formula is C22H23N2O7PS. The molecule has 11 heteroatoms. The first-order valence-corrected chi connectivity index (χ1v) is 13.5. The Balaban J connectivity index is 1.96. The SMILES string of the molecule is CS(=O)(=O)Nc1ccc([N+](=O)[O-])c(P(=O)(COCc2ccccc2)OCc2ccccc2)c1. The van der Waals surface area contributed by atoms with Crippen LogP contribution in [0.5, 0.6) is 0 Å². The largest absolute Gasteiger partial charge is 0.366 e. The number of hydrogen-bond donors (Lipinski definition) is 1. The number of ether oxygens (including phenoxy) is 1. The van der Waals surface area contributed by atoms with Crippen LogP contribution in [0.15, 0.2) is 78.9 Å². The molecule has 174 valence electrons. The summed E-state index contributed by atoms with van der Waals surface area (Å²) in [5.41, 5.74) is 1.13. The van der Waals surface area contributed by atoms with Gasteiger partial charge < -0.3 is 9.26 Å². The van der Waals surface area contributed by atoms with Crippen molar-refractivity contribution in [2.24, 2.45) is 0 Å². The Hall–Kier alpha value is -3.04. The number of rotatable bonds is 11. The summed E-state index contributed by atoms with van der Waals surface area (Å²) in [7, 11) is -7.62. The van der Waals surface area contributed by atoms with Gasteiger partial charge in [0.1, 0.15) is 11.7 Å². The summed E-state index contributed by atoms with van der Waals surface area (Å²) in [6.07, 6.45) is 0.514. The summed E-state index contributed by atoms with van der Waals surface area (Å²) < 4.78 is 51.0. The minimum absolute atomic E-state index is 0.0321. The van der Waals surface area contributed by atoms with E-state index in [9.17, 15) is 23.1 Å². The van der Waals surface area contributed by atoms with Crippen LogP contribution in [0, 0.1) is 10.1 Å². The molecule has 0 saturated carbocycles. The molecule has 1 N–H and O–H groups in total. The van der Waals surface area contributed by atoms with Gasteiger partial charge in [-0.2, -0.15) is 0 Å². The smallest absolute Gasteiger partial charge is 0.282 e. The number of nitro benzene ring substituents is 1. The molecule has 0 amide bonds. The van der Waals surface area contributed by atoms with Crippen molar-refractivity contribution in [3.63, 3.8) is 0 Å². The van der Waals surface area contributed by atoms with Gasteiger partial charge in [0, 0.05) is 11.8 Å². The van der Waals surface area contributed by atoms with E-state index in [0.717, 1.165) is 24.0 Å². The van der Waals surface area contributed by atoms with Crippen LogP contribution in [0.4, 0.5) is 11.4 Å². The third-order valence-electron chi connectivity index (χ3n) is 4.50. The van der Waals surface area contributed by atoms with Crippen molar-refractivity contribution in [2.45, 2.75) is 13.2 Å². The van der Waals surface area contributed by atoms with E-state index in [2.05, 4.69) is 4.72 Å². The van der Waals surface area contributed by atoms with Gasteiger partial charge >= 0.3 is 0 Å². The van der Waals surface area contributed by atoms with E-state index in [4.69, 9.17) is 9.26 Å². The molecule has 3 aromatic rings. The second kappa shape index (κ2) is 10.7. The first-order chi connectivity index (χ1) is 15.7. The fourth-order valence-electron chi connectivity index (χ4n) is 3.02. The summed E-state index contributed by atoms with van der Waals surface area (Å²) in [5, 5.41) is 11.5. The van der Waals surface area contributed by atoms with Crippen molar-refractivity contribution in [3.05, 3.63) is 100 Å². The second-order valence-electron chi connectivity index (χ2n) is 7.23. The number of nitrogens with one attached hydrogen (secondary N) is 1. The van der Waals surface area contributed by atoms with Crippen molar-refractivity contribution < 1.29 is 27.2 Å². The Bertz CT molecular complexity index is 1250. The highest BCUT2D eigenvalue weighted by Gasteiger charge is 2.35. The lowest BCUT2D eigenvalue weighted by Gasteiger charge is -2.20. The fourth-order valence-corrected chi connectivity index (χ4v) is 5.45. The van der Waals surface area contributed by atoms with Crippen molar-refractivity contribution in [3.8, 4) is 0 Å². The van der Waals surface area contributed by atoms with Crippen LogP contribution in [0.1, 0.15) is 11.1 Å². The van der Waals surface area contributed by atoms with E-state index < -0.39 is 34.4 Å². The Labute approximate surface area is 192 Å². The first kappa shape index (κ1) is 24.6. The van der Waals surface area contributed by atoms with Gasteiger partial charge in [-0.05, 0) is 23.3 Å². The summed E-state index contributed by atoms with van der Waals surface area (Å²) in [4.78, 5) is 11.0. The quantitative estimate of drug-likeness (QED) is 0.242. The maximum atomic E-state index is 14.0. The van der Waals surface area contributed by atoms with E-state index in [1.165, 1.54) is 6.07 Å². The topological polar surface area (TPSA) is 125 Å². The highest BCUT2D eigenvalue weighted by atomic mass is 32.2. The predicted molar refractivity (Wildman–Crippen MR) is 126 cm³/mol. The van der Waals surface area contributed by atoms with E-state index in [1.54, 1.807) is 24.3 Å². The molecule has 3 rings (SSSR count). The molecule has 0 radical (unpaired) electrons. The van der Waals surface area contributed by atoms with Crippen molar-refractivity contribution >= 4 is 34.1 Å². The maximum absolute atomic E-state index is 14.0. The zero-order valence-corrected chi connectivity index (χ0v) is 19.5. The number of hydrogen-bond acceptors (Lipinski definition) is 7. The second-order valence-corrected chi connectivity index (χ2v) is 11.3. The van der Waals surface area contributed by atoms with E-state index >= 15 is 0 Å². The predicted octanol–water partition coefficient (Wildman–Crippen LogP) is 4.26. The van der Waals surface area contributed by atoms with Gasteiger partial charge in [0.2, 0.25) is 10.0 Å². The van der Waals surface area contributed by atoms with Crippen LogP contribution in [-0.4, -0.2) is 25.9 Å². The molecule has 0 spiro atoms. The number of anilines is 1. The molecule has 1 atom stereocenters. The molecule has 0 aliphatic heterocycles. The Kier molecular flexibility index (Phi) is 7.99. The molecule has 0 aliphatic carbocycles. The normalized spacial score (nSPS) is 13.2. The Morgan fingerprint density at radius 3 is 2.06 bits per heavy atom. The minimum atomic E-state index is -3.96. The van der Waals surface area contributed by atoms with Gasteiger partial charge in [0.15, 0.2) is 0 Å². The van der Waals surface area contributed by atoms with Crippen molar-refractivity contribution in [1.29, 1.82) is 0 Å². The van der Waals surface area contributed by atoms with E-state index in [1.807, 2.05) is 36.4 Å². The molecule has 0 bridgehead atoms. The van der Waals surface area contributed by atoms with Gasteiger partial charge in [0.25, 0.3) is 13.1 Å². The van der Waals surface area contributed by atoms with Crippen LogP contribution >= 0.6 is 7.37 Å². The first-order valence-electron chi connectivity index (χ1n) is 9.82. The molecule has 0 saturated heterocycles. The standard InChI is InChI=1S/C22H23N2O7PS/c1-33(28,29)23-20-12-13-21(24(25)26)22(14-20)32(27,31-16-19-10-6-3-7-11-19)17-30-15-18-8-4-2-5-9-18/h2-14,23H,15-17H2,1H3. The molecule has 0 fully saturated rings. The lowest BCUT2D eigenvalue weighted by molar-refractivity contribution is -0.383. The number of benzene rings is 3. The molecule has 1 unspecified atom stereocenters. The third kappa shape index (κ3) is 7.23. The zero-order valence-electron chi connectivity index (χ0n) is 17.8. The number of nitro groups is 1. The summed E-state index contributed by atoms with van der Waals surface area (Å²) >= 11 is 0. The lowest BCUT2D eigenvalue weighted by Crippen LogP contribution is -2.18. The third-order valence-corrected chi connectivity index (χ3v) is 7.27. The minimum Gasteiger partial charge on any atom is -0.366 e. The van der Waals surface area contributed by atoms with Crippen LogP contribution in [-0.2, 0) is 37.1 Å². The van der Waals surface area contributed by atoms with Crippen LogP contribution in [0.2, 0.25) is 0 Å². The van der Waals surface area contributed by atoms with Crippen LogP contribution in [0.25, 0.3) is 0 Å². The summed E-state index contributed by atoms with van der Waals surface area (Å²) in [6.45, 7) is 0.0440. The van der Waals surface area contributed by atoms with Gasteiger partial charge in [-0.15, -0.1) is 0 Å². The Morgan fingerprint density at radius 1 is 0.939 bits per heavy atom. The maximum Gasteiger partial charge on any atom is 0.282 e. The lowest BCUT2D eigenvalue weighted by atomic mass is 10.2. The molecule has 0 aromatic heterocycles. The van der Waals surface area contributed by atoms with Gasteiger partial charge in [-0.25, -0.2) is 8.42 Å². The Morgan fingerprint density at radius 2 is 1.52 bits per heavy atom. The van der Waals surface area contributed by atoms with Gasteiger partial charge in [-0.3, -0.25) is 19.4 Å². The average molecular weight is 490 g/mol. The molecule has 33 heavy (non-hydrogen) atoms. The van der Waals surface area contributed by atoms with Crippen molar-refractivity contribution in [2.75, 3.05) is 17.3 Å². The fraction of sp³-hybridized carbons (Fsp3) is 0.182. The van der Waals surface area contributed by atoms with E-state index in [0.29, 0.717) is 5.56 Å². The highest BCUT2D eigenvalue weighted by molar-refractivity contribution is 7.92. The van der Waals surface area contributed by atoms with E-state index in [-0.39, 0.29) is 24.2 Å². The molecule has 0 aliphatic rings. The number of sulfonamides is 1.